The van der Waals surface area contributed by atoms with E-state index in [-0.39, 0.29) is 0 Å². The van der Waals surface area contributed by atoms with Gasteiger partial charge in [-0.2, -0.15) is 0 Å². The monoisotopic (exact) mass is 348 g/mol. The molecule has 2 aliphatic rings. The van der Waals surface area contributed by atoms with Crippen LogP contribution in [0, 0.1) is 0 Å². The molecule has 0 radical (unpaired) electrons. The predicted octanol–water partition coefficient (Wildman–Crippen LogP) is 6.61. The fourth-order valence-corrected chi connectivity index (χ4v) is 4.70. The molecule has 0 amide bonds. The van der Waals surface area contributed by atoms with Gasteiger partial charge in [0.1, 0.15) is 0 Å². The van der Waals surface area contributed by atoms with Crippen LogP contribution in [0.25, 0.3) is 16.5 Å². The summed E-state index contributed by atoms with van der Waals surface area (Å²) in [5, 5.41) is 5.35. The Hall–Kier alpha value is -1.96. The summed E-state index contributed by atoms with van der Waals surface area (Å²) < 4.78 is 2.34. The molecule has 4 rings (SSSR count). The number of rotatable bonds is 5. The molecule has 2 heteroatoms. The zero-order chi connectivity index (χ0) is 17.9. The molecule has 0 atom stereocenters. The number of aryl methyl sites for hydroxylation is 2. The van der Waals surface area contributed by atoms with Gasteiger partial charge >= 0.3 is 0 Å². The van der Waals surface area contributed by atoms with Gasteiger partial charge in [0.2, 0.25) is 0 Å². The molecule has 2 nitrogen and oxygen atoms in total. The van der Waals surface area contributed by atoms with Gasteiger partial charge in [-0.05, 0) is 55.4 Å². The highest BCUT2D eigenvalue weighted by Crippen LogP contribution is 2.37. The lowest BCUT2D eigenvalue weighted by Gasteiger charge is -2.25. The lowest BCUT2D eigenvalue weighted by atomic mass is 9.94. The number of hydrogen-bond donors (Lipinski definition) is 1. The molecule has 1 aromatic heterocycles. The molecule has 2 aliphatic carbocycles. The van der Waals surface area contributed by atoms with Gasteiger partial charge in [-0.15, -0.1) is 0 Å². The number of aromatic nitrogens is 1. The van der Waals surface area contributed by atoms with Crippen LogP contribution in [-0.2, 0) is 13.5 Å². The summed E-state index contributed by atoms with van der Waals surface area (Å²) in [5.74, 6) is 0. The summed E-state index contributed by atoms with van der Waals surface area (Å²) >= 11 is 0. The van der Waals surface area contributed by atoms with Gasteiger partial charge in [-0.3, -0.25) is 0 Å². The average Bonchev–Trinajstić information content (AvgIpc) is 3.00. The normalized spacial score (nSPS) is 18.3. The van der Waals surface area contributed by atoms with Crippen LogP contribution in [0.4, 0.5) is 5.69 Å². The number of allylic oxidation sites excluding steroid dienone is 4. The highest BCUT2D eigenvalue weighted by molar-refractivity contribution is 6.00. The molecule has 26 heavy (non-hydrogen) atoms. The molecule has 138 valence electrons. The third kappa shape index (κ3) is 3.47. The topological polar surface area (TPSA) is 17.0 Å². The van der Waals surface area contributed by atoms with Crippen LogP contribution in [0.1, 0.15) is 69.4 Å². The number of nitrogens with zero attached hydrogens (tertiary/aromatic N) is 1. The number of hydrogen-bond acceptors (Lipinski definition) is 1. The van der Waals surface area contributed by atoms with E-state index in [1.165, 1.54) is 71.8 Å². The molecule has 0 unspecified atom stereocenters. The lowest BCUT2D eigenvalue weighted by Crippen LogP contribution is -2.22. The van der Waals surface area contributed by atoms with Crippen molar-refractivity contribution in [3.63, 3.8) is 0 Å². The smallest absolute Gasteiger partial charge is 0.0719 e. The van der Waals surface area contributed by atoms with Crippen LogP contribution in [0.15, 0.2) is 36.6 Å². The van der Waals surface area contributed by atoms with Crippen molar-refractivity contribution < 1.29 is 0 Å². The Labute approximate surface area is 158 Å². The van der Waals surface area contributed by atoms with Crippen molar-refractivity contribution in [1.29, 1.82) is 0 Å². The van der Waals surface area contributed by atoms with Crippen molar-refractivity contribution in [1.82, 2.24) is 4.57 Å². The molecule has 1 saturated carbocycles. The molecule has 0 spiro atoms. The van der Waals surface area contributed by atoms with E-state index < -0.39 is 0 Å². The van der Waals surface area contributed by atoms with Crippen molar-refractivity contribution in [3.05, 3.63) is 47.7 Å². The van der Waals surface area contributed by atoms with E-state index in [9.17, 15) is 0 Å². The van der Waals surface area contributed by atoms with Gasteiger partial charge in [-0.1, -0.05) is 50.8 Å². The van der Waals surface area contributed by atoms with Crippen LogP contribution in [0.2, 0.25) is 0 Å². The summed E-state index contributed by atoms with van der Waals surface area (Å²) in [7, 11) is 2.20. The molecule has 0 aliphatic heterocycles. The zero-order valence-electron chi connectivity index (χ0n) is 16.4. The molecule has 0 saturated heterocycles. The van der Waals surface area contributed by atoms with Crippen LogP contribution in [0.3, 0.4) is 0 Å². The number of anilines is 1. The second-order valence-corrected chi connectivity index (χ2v) is 8.08. The summed E-state index contributed by atoms with van der Waals surface area (Å²) in [6.07, 6.45) is 20.6. The molecule has 1 fully saturated rings. The van der Waals surface area contributed by atoms with Gasteiger partial charge < -0.3 is 9.88 Å². The fourth-order valence-electron chi connectivity index (χ4n) is 4.70. The van der Waals surface area contributed by atoms with E-state index in [0.29, 0.717) is 6.04 Å². The molecule has 2 aromatic rings. The van der Waals surface area contributed by atoms with Crippen molar-refractivity contribution in [3.8, 4) is 0 Å². The average molecular weight is 349 g/mol. The maximum Gasteiger partial charge on any atom is 0.0719 e. The Morgan fingerprint density at radius 2 is 2.00 bits per heavy atom. The van der Waals surface area contributed by atoms with Crippen LogP contribution in [0.5, 0.6) is 0 Å². The maximum atomic E-state index is 3.93. The van der Waals surface area contributed by atoms with Crippen LogP contribution >= 0.6 is 0 Å². The van der Waals surface area contributed by atoms with Crippen molar-refractivity contribution in [2.75, 3.05) is 5.32 Å². The molecular formula is C24H32N2. The summed E-state index contributed by atoms with van der Waals surface area (Å²) in [5.41, 5.74) is 7.10. The molecule has 1 heterocycles. The van der Waals surface area contributed by atoms with E-state index >= 15 is 0 Å². The lowest BCUT2D eigenvalue weighted by molar-refractivity contribution is 0.463. The van der Waals surface area contributed by atoms with Gasteiger partial charge in [-0.25, -0.2) is 0 Å². The number of benzene rings is 1. The molecule has 0 bridgehead atoms. The SMILES string of the molecule is CCCc1cc(NC2CCCCC2)c2c(c1)c(C1=CC=CCC1)cn2C. The minimum atomic E-state index is 0.638. The van der Waals surface area contributed by atoms with Gasteiger partial charge in [0.05, 0.1) is 11.2 Å². The largest absolute Gasteiger partial charge is 0.381 e. The maximum absolute atomic E-state index is 3.93. The van der Waals surface area contributed by atoms with Crippen LogP contribution < -0.4 is 5.32 Å². The van der Waals surface area contributed by atoms with Gasteiger partial charge in [0.15, 0.2) is 0 Å². The Balaban J connectivity index is 1.80. The third-order valence-electron chi connectivity index (χ3n) is 6.00. The first-order valence-electron chi connectivity index (χ1n) is 10.5. The Kier molecular flexibility index (Phi) is 5.19. The minimum Gasteiger partial charge on any atom is -0.381 e. The first-order chi connectivity index (χ1) is 12.8. The molecule has 1 aromatic carbocycles. The van der Waals surface area contributed by atoms with E-state index in [1.807, 2.05) is 0 Å². The Morgan fingerprint density at radius 1 is 1.15 bits per heavy atom. The van der Waals surface area contributed by atoms with Gasteiger partial charge in [0, 0.05) is 30.2 Å². The summed E-state index contributed by atoms with van der Waals surface area (Å²) in [6, 6.07) is 5.50. The quantitative estimate of drug-likeness (QED) is 0.643. The first-order valence-corrected chi connectivity index (χ1v) is 10.5. The minimum absolute atomic E-state index is 0.638. The van der Waals surface area contributed by atoms with E-state index in [2.05, 4.69) is 60.4 Å². The van der Waals surface area contributed by atoms with Gasteiger partial charge in [0.25, 0.3) is 0 Å². The van der Waals surface area contributed by atoms with E-state index in [0.717, 1.165) is 19.3 Å². The Morgan fingerprint density at radius 3 is 2.73 bits per heavy atom. The molecule has 1 N–H and O–H groups in total. The molecular weight excluding hydrogens is 316 g/mol. The fraction of sp³-hybridized carbons (Fsp3) is 0.500. The predicted molar refractivity (Wildman–Crippen MR) is 114 cm³/mol. The van der Waals surface area contributed by atoms with E-state index in [1.54, 1.807) is 0 Å². The van der Waals surface area contributed by atoms with Crippen LogP contribution in [-0.4, -0.2) is 10.6 Å². The number of fused-ring (bicyclic) bond motifs is 1. The first kappa shape index (κ1) is 17.5. The second-order valence-electron chi connectivity index (χ2n) is 8.08. The zero-order valence-corrected chi connectivity index (χ0v) is 16.4. The highest BCUT2D eigenvalue weighted by atomic mass is 15.0. The summed E-state index contributed by atoms with van der Waals surface area (Å²) in [6.45, 7) is 2.28. The Bertz CT molecular complexity index is 832. The van der Waals surface area contributed by atoms with E-state index in [4.69, 9.17) is 0 Å². The highest BCUT2D eigenvalue weighted by Gasteiger charge is 2.19. The standard InChI is InChI=1S/C24H32N2/c1-3-10-18-15-21-22(19-11-6-4-7-12-19)17-26(2)24(21)23(16-18)25-20-13-8-5-9-14-20/h4,6,11,15-17,20,25H,3,5,7-10,12-14H2,1-2H3. The van der Waals surface area contributed by atoms with Crippen molar-refractivity contribution in [2.45, 2.75) is 70.8 Å². The summed E-state index contributed by atoms with van der Waals surface area (Å²) in [4.78, 5) is 0. The second kappa shape index (κ2) is 7.73. The third-order valence-corrected chi connectivity index (χ3v) is 6.00. The van der Waals surface area contributed by atoms with Crippen molar-refractivity contribution in [2.24, 2.45) is 7.05 Å². The van der Waals surface area contributed by atoms with Crippen molar-refractivity contribution >= 4 is 22.2 Å². The number of nitrogens with one attached hydrogen (secondary N) is 1.